The van der Waals surface area contributed by atoms with Gasteiger partial charge in [-0.25, -0.2) is 0 Å². The fourth-order valence-electron chi connectivity index (χ4n) is 1.90. The number of halogens is 1. The van der Waals surface area contributed by atoms with Crippen LogP contribution < -0.4 is 0 Å². The van der Waals surface area contributed by atoms with Crippen molar-refractivity contribution in [1.82, 2.24) is 4.90 Å². The average molecular weight is 206 g/mol. The molecule has 0 spiro atoms. The lowest BCUT2D eigenvalue weighted by molar-refractivity contribution is 0.0615. The molecule has 0 aliphatic carbocycles. The minimum Gasteiger partial charge on any atom is -0.396 e. The monoisotopic (exact) mass is 205 g/mol. The fraction of sp³-hybridized carbons (Fsp3) is 1.00. The summed E-state index contributed by atoms with van der Waals surface area (Å²) in [4.78, 5) is 2.46. The maximum atomic E-state index is 9.25. The Hall–Kier alpha value is 0.210. The van der Waals surface area contributed by atoms with Gasteiger partial charge in [0.1, 0.15) is 0 Å². The van der Waals surface area contributed by atoms with Gasteiger partial charge in [-0.2, -0.15) is 0 Å². The Morgan fingerprint density at radius 1 is 1.38 bits per heavy atom. The number of aliphatic hydroxyl groups excluding tert-OH is 1. The van der Waals surface area contributed by atoms with Gasteiger partial charge in [0.25, 0.3) is 0 Å². The van der Waals surface area contributed by atoms with Crippen molar-refractivity contribution in [3.63, 3.8) is 0 Å². The van der Waals surface area contributed by atoms with Crippen molar-refractivity contribution in [2.24, 2.45) is 5.41 Å². The van der Waals surface area contributed by atoms with E-state index in [1.807, 2.05) is 0 Å². The van der Waals surface area contributed by atoms with Gasteiger partial charge in [0.05, 0.1) is 0 Å². The molecule has 1 aliphatic heterocycles. The van der Waals surface area contributed by atoms with Crippen LogP contribution in [0.4, 0.5) is 0 Å². The molecule has 0 aromatic carbocycles. The molecule has 0 atom stereocenters. The van der Waals surface area contributed by atoms with E-state index < -0.39 is 0 Å². The van der Waals surface area contributed by atoms with E-state index >= 15 is 0 Å². The quantitative estimate of drug-likeness (QED) is 0.707. The molecule has 0 aromatic rings. The van der Waals surface area contributed by atoms with Crippen molar-refractivity contribution in [3.05, 3.63) is 0 Å². The lowest BCUT2D eigenvalue weighted by Crippen LogP contribution is -2.43. The Morgan fingerprint density at radius 3 is 2.38 bits per heavy atom. The van der Waals surface area contributed by atoms with Crippen LogP contribution >= 0.6 is 11.6 Å². The summed E-state index contributed by atoms with van der Waals surface area (Å²) in [5.74, 6) is 0.601. The van der Waals surface area contributed by atoms with Crippen LogP contribution in [0.15, 0.2) is 0 Å². The van der Waals surface area contributed by atoms with E-state index in [1.165, 1.54) is 13.0 Å². The van der Waals surface area contributed by atoms with E-state index in [4.69, 9.17) is 11.6 Å². The summed E-state index contributed by atoms with van der Waals surface area (Å²) in [7, 11) is 0. The molecule has 1 rings (SSSR count). The van der Waals surface area contributed by atoms with E-state index in [-0.39, 0.29) is 12.0 Å². The standard InChI is InChI=1S/C10H20ClNO/c1-2-5-12-6-3-10(8-11,9-13)4-7-12/h13H,2-9H2,1H3. The molecule has 1 N–H and O–H groups in total. The Labute approximate surface area is 85.9 Å². The number of hydrogen-bond donors (Lipinski definition) is 1. The third kappa shape index (κ3) is 2.83. The predicted octanol–water partition coefficient (Wildman–Crippen LogP) is 1.71. The van der Waals surface area contributed by atoms with E-state index in [0.29, 0.717) is 5.88 Å². The lowest BCUT2D eigenvalue weighted by Gasteiger charge is -2.39. The van der Waals surface area contributed by atoms with Gasteiger partial charge < -0.3 is 10.0 Å². The number of alkyl halides is 1. The summed E-state index contributed by atoms with van der Waals surface area (Å²) in [5.41, 5.74) is 0.0196. The first-order valence-electron chi connectivity index (χ1n) is 5.15. The summed E-state index contributed by atoms with van der Waals surface area (Å²) in [5, 5.41) is 9.25. The van der Waals surface area contributed by atoms with Crippen LogP contribution in [0.3, 0.4) is 0 Å². The molecular weight excluding hydrogens is 186 g/mol. The number of rotatable bonds is 4. The summed E-state index contributed by atoms with van der Waals surface area (Å²) in [6.45, 7) is 5.83. The fourth-order valence-corrected chi connectivity index (χ4v) is 2.25. The zero-order valence-electron chi connectivity index (χ0n) is 8.43. The second-order valence-corrected chi connectivity index (χ2v) is 4.40. The van der Waals surface area contributed by atoms with Crippen LogP contribution in [-0.2, 0) is 0 Å². The topological polar surface area (TPSA) is 23.5 Å². The smallest absolute Gasteiger partial charge is 0.0499 e. The van der Waals surface area contributed by atoms with Crippen LogP contribution in [0.2, 0.25) is 0 Å². The highest BCUT2D eigenvalue weighted by Gasteiger charge is 2.32. The van der Waals surface area contributed by atoms with Crippen molar-refractivity contribution < 1.29 is 5.11 Å². The van der Waals surface area contributed by atoms with Crippen molar-refractivity contribution >= 4 is 11.6 Å². The van der Waals surface area contributed by atoms with E-state index in [1.54, 1.807) is 0 Å². The third-order valence-corrected chi connectivity index (χ3v) is 3.64. The Balaban J connectivity index is 2.36. The SMILES string of the molecule is CCCN1CCC(CO)(CCl)CC1. The van der Waals surface area contributed by atoms with Crippen LogP contribution in [0, 0.1) is 5.41 Å². The third-order valence-electron chi connectivity index (χ3n) is 3.08. The molecule has 1 aliphatic rings. The van der Waals surface area contributed by atoms with Gasteiger partial charge in [-0.1, -0.05) is 6.92 Å². The molecule has 13 heavy (non-hydrogen) atoms. The number of aliphatic hydroxyl groups is 1. The maximum Gasteiger partial charge on any atom is 0.0499 e. The summed E-state index contributed by atoms with van der Waals surface area (Å²) in [6, 6.07) is 0. The second-order valence-electron chi connectivity index (χ2n) is 4.13. The molecule has 0 radical (unpaired) electrons. The van der Waals surface area contributed by atoms with Gasteiger partial charge in [0.15, 0.2) is 0 Å². The van der Waals surface area contributed by atoms with Crippen LogP contribution in [0.1, 0.15) is 26.2 Å². The Kier molecular flexibility index (Phi) is 4.50. The molecule has 3 heteroatoms. The molecule has 1 saturated heterocycles. The Bertz CT molecular complexity index is 138. The minimum absolute atomic E-state index is 0.0196. The Morgan fingerprint density at radius 2 is 2.00 bits per heavy atom. The van der Waals surface area contributed by atoms with Gasteiger partial charge in [0, 0.05) is 17.9 Å². The number of nitrogens with zero attached hydrogens (tertiary/aromatic N) is 1. The highest BCUT2D eigenvalue weighted by atomic mass is 35.5. The van der Waals surface area contributed by atoms with Gasteiger partial charge in [-0.05, 0) is 38.9 Å². The molecule has 0 bridgehead atoms. The summed E-state index contributed by atoms with van der Waals surface area (Å²) in [6.07, 6.45) is 3.31. The first-order chi connectivity index (χ1) is 6.26. The molecule has 0 aromatic heterocycles. The largest absolute Gasteiger partial charge is 0.396 e. The highest BCUT2D eigenvalue weighted by Crippen LogP contribution is 2.32. The first kappa shape index (κ1) is 11.3. The normalized spacial score (nSPS) is 23.3. The predicted molar refractivity (Wildman–Crippen MR) is 56.2 cm³/mol. The second kappa shape index (κ2) is 5.18. The lowest BCUT2D eigenvalue weighted by atomic mass is 9.81. The zero-order valence-corrected chi connectivity index (χ0v) is 9.19. The first-order valence-corrected chi connectivity index (χ1v) is 5.69. The molecule has 0 saturated carbocycles. The van der Waals surface area contributed by atoms with Crippen LogP contribution in [-0.4, -0.2) is 42.1 Å². The molecule has 2 nitrogen and oxygen atoms in total. The molecule has 0 amide bonds. The van der Waals surface area contributed by atoms with Crippen molar-refractivity contribution in [2.45, 2.75) is 26.2 Å². The minimum atomic E-state index is 0.0196. The van der Waals surface area contributed by atoms with Gasteiger partial charge in [-0.3, -0.25) is 0 Å². The number of piperidine rings is 1. The summed E-state index contributed by atoms with van der Waals surface area (Å²) >= 11 is 5.88. The van der Waals surface area contributed by atoms with E-state index in [9.17, 15) is 5.11 Å². The molecule has 0 unspecified atom stereocenters. The molecular formula is C10H20ClNO. The van der Waals surface area contributed by atoms with E-state index in [2.05, 4.69) is 11.8 Å². The van der Waals surface area contributed by atoms with Crippen LogP contribution in [0.25, 0.3) is 0 Å². The van der Waals surface area contributed by atoms with Crippen LogP contribution in [0.5, 0.6) is 0 Å². The molecule has 1 fully saturated rings. The summed E-state index contributed by atoms with van der Waals surface area (Å²) < 4.78 is 0. The van der Waals surface area contributed by atoms with Crippen molar-refractivity contribution in [1.29, 1.82) is 0 Å². The number of hydrogen-bond acceptors (Lipinski definition) is 2. The average Bonchev–Trinajstić information content (AvgIpc) is 2.20. The number of likely N-dealkylation sites (tertiary alicyclic amines) is 1. The highest BCUT2D eigenvalue weighted by molar-refractivity contribution is 6.18. The zero-order chi connectivity index (χ0) is 9.73. The maximum absolute atomic E-state index is 9.25. The van der Waals surface area contributed by atoms with Crippen molar-refractivity contribution in [3.8, 4) is 0 Å². The van der Waals surface area contributed by atoms with Gasteiger partial charge in [0.2, 0.25) is 0 Å². The molecule has 1 heterocycles. The van der Waals surface area contributed by atoms with Gasteiger partial charge >= 0.3 is 0 Å². The molecule has 78 valence electrons. The van der Waals surface area contributed by atoms with Crippen molar-refractivity contribution in [2.75, 3.05) is 32.1 Å². The van der Waals surface area contributed by atoms with E-state index in [0.717, 1.165) is 25.9 Å². The van der Waals surface area contributed by atoms with Gasteiger partial charge in [-0.15, -0.1) is 11.6 Å².